The molecule has 0 aliphatic carbocycles. The third-order valence-electron chi connectivity index (χ3n) is 5.49. The number of benzene rings is 3. The second-order valence-electron chi connectivity index (χ2n) is 8.69. The maximum absolute atomic E-state index is 12.7. The van der Waals surface area contributed by atoms with Crippen molar-refractivity contribution in [2.45, 2.75) is 25.9 Å². The Kier molecular flexibility index (Phi) is 6.82. The summed E-state index contributed by atoms with van der Waals surface area (Å²) in [5.41, 5.74) is 2.03. The Hall–Kier alpha value is -4.20. The van der Waals surface area contributed by atoms with E-state index in [0.717, 1.165) is 12.0 Å². The van der Waals surface area contributed by atoms with Crippen LogP contribution in [-0.4, -0.2) is 38.2 Å². The van der Waals surface area contributed by atoms with Crippen molar-refractivity contribution in [2.75, 3.05) is 31.5 Å². The molecular weight excluding hydrogens is 448 g/mol. The SMILES string of the molecule is COc1cc(NC(=O)c2ccccc2)c(OC)cc1NC(=O)COc1cccc2c1OC(C)(C)C2. The molecule has 4 rings (SSSR count). The highest BCUT2D eigenvalue weighted by atomic mass is 16.5. The molecule has 2 N–H and O–H groups in total. The molecule has 1 aliphatic rings. The normalized spacial score (nSPS) is 13.3. The van der Waals surface area contributed by atoms with Crippen LogP contribution in [0.3, 0.4) is 0 Å². The minimum absolute atomic E-state index is 0.224. The molecule has 1 aliphatic heterocycles. The minimum Gasteiger partial charge on any atom is -0.494 e. The second-order valence-corrected chi connectivity index (χ2v) is 8.69. The first-order valence-electron chi connectivity index (χ1n) is 11.2. The molecule has 0 radical (unpaired) electrons. The fourth-order valence-corrected chi connectivity index (χ4v) is 3.91. The number of para-hydroxylation sites is 1. The lowest BCUT2D eigenvalue weighted by Gasteiger charge is -2.18. The van der Waals surface area contributed by atoms with E-state index < -0.39 is 0 Å². The van der Waals surface area contributed by atoms with Crippen molar-refractivity contribution in [1.82, 2.24) is 0 Å². The fourth-order valence-electron chi connectivity index (χ4n) is 3.91. The van der Waals surface area contributed by atoms with Crippen molar-refractivity contribution < 1.29 is 28.5 Å². The molecule has 1 heterocycles. The molecule has 2 amide bonds. The van der Waals surface area contributed by atoms with E-state index in [0.29, 0.717) is 39.9 Å². The summed E-state index contributed by atoms with van der Waals surface area (Å²) in [4.78, 5) is 25.3. The maximum atomic E-state index is 12.7. The third kappa shape index (κ3) is 5.48. The fraction of sp³-hybridized carbons (Fsp3) is 0.259. The van der Waals surface area contributed by atoms with Crippen LogP contribution >= 0.6 is 0 Å². The van der Waals surface area contributed by atoms with Gasteiger partial charge in [0.25, 0.3) is 11.8 Å². The Bertz CT molecular complexity index is 1240. The molecule has 0 bridgehead atoms. The van der Waals surface area contributed by atoms with Crippen molar-refractivity contribution >= 4 is 23.2 Å². The third-order valence-corrected chi connectivity index (χ3v) is 5.49. The highest BCUT2D eigenvalue weighted by Gasteiger charge is 2.32. The van der Waals surface area contributed by atoms with E-state index in [9.17, 15) is 9.59 Å². The number of carbonyl (C=O) groups is 2. The van der Waals surface area contributed by atoms with E-state index in [1.165, 1.54) is 14.2 Å². The van der Waals surface area contributed by atoms with Crippen LogP contribution in [0, 0.1) is 0 Å². The van der Waals surface area contributed by atoms with E-state index >= 15 is 0 Å². The number of methoxy groups -OCH3 is 2. The first-order valence-corrected chi connectivity index (χ1v) is 11.2. The zero-order chi connectivity index (χ0) is 25.0. The van der Waals surface area contributed by atoms with Gasteiger partial charge in [-0.1, -0.05) is 30.3 Å². The van der Waals surface area contributed by atoms with Crippen LogP contribution in [0.5, 0.6) is 23.0 Å². The number of carbonyl (C=O) groups excluding carboxylic acids is 2. The zero-order valence-electron chi connectivity index (χ0n) is 20.1. The van der Waals surface area contributed by atoms with E-state index in [4.69, 9.17) is 18.9 Å². The molecule has 182 valence electrons. The van der Waals surface area contributed by atoms with Crippen molar-refractivity contribution in [1.29, 1.82) is 0 Å². The molecule has 35 heavy (non-hydrogen) atoms. The lowest BCUT2D eigenvalue weighted by molar-refractivity contribution is -0.118. The van der Waals surface area contributed by atoms with Gasteiger partial charge < -0.3 is 29.6 Å². The van der Waals surface area contributed by atoms with Crippen molar-refractivity contribution in [3.63, 3.8) is 0 Å². The monoisotopic (exact) mass is 476 g/mol. The largest absolute Gasteiger partial charge is 0.494 e. The van der Waals surface area contributed by atoms with Crippen LogP contribution in [0.2, 0.25) is 0 Å². The average molecular weight is 477 g/mol. The lowest BCUT2D eigenvalue weighted by Crippen LogP contribution is -2.25. The highest BCUT2D eigenvalue weighted by molar-refractivity contribution is 6.05. The summed E-state index contributed by atoms with van der Waals surface area (Å²) >= 11 is 0. The summed E-state index contributed by atoms with van der Waals surface area (Å²) < 4.78 is 22.6. The number of nitrogens with one attached hydrogen (secondary N) is 2. The quantitative estimate of drug-likeness (QED) is 0.490. The van der Waals surface area contributed by atoms with Gasteiger partial charge in [0.1, 0.15) is 17.1 Å². The summed E-state index contributed by atoms with van der Waals surface area (Å²) in [6.07, 6.45) is 0.774. The van der Waals surface area contributed by atoms with Gasteiger partial charge >= 0.3 is 0 Å². The number of fused-ring (bicyclic) bond motifs is 1. The number of ether oxygens (including phenoxy) is 4. The first-order chi connectivity index (χ1) is 16.8. The number of anilines is 2. The molecule has 0 atom stereocenters. The summed E-state index contributed by atoms with van der Waals surface area (Å²) in [7, 11) is 2.95. The van der Waals surface area contributed by atoms with E-state index in [2.05, 4.69) is 10.6 Å². The Morgan fingerprint density at radius 2 is 1.54 bits per heavy atom. The average Bonchev–Trinajstić information content (AvgIpc) is 3.18. The molecule has 3 aromatic rings. The van der Waals surface area contributed by atoms with Crippen LogP contribution in [0.25, 0.3) is 0 Å². The van der Waals surface area contributed by atoms with Gasteiger partial charge in [0, 0.05) is 29.7 Å². The van der Waals surface area contributed by atoms with Gasteiger partial charge in [0.2, 0.25) is 0 Å². The number of rotatable bonds is 8. The Balaban J connectivity index is 1.46. The van der Waals surface area contributed by atoms with E-state index in [1.807, 2.05) is 32.0 Å². The van der Waals surface area contributed by atoms with Gasteiger partial charge in [-0.25, -0.2) is 0 Å². The van der Waals surface area contributed by atoms with Crippen LogP contribution in [0.15, 0.2) is 60.7 Å². The molecule has 0 saturated heterocycles. The standard InChI is InChI=1S/C27H28N2O6/c1-27(2)15-18-11-8-12-21(25(18)35-27)34-16-24(30)28-19-13-23(33-4)20(14-22(19)32-3)29-26(31)17-9-6-5-7-10-17/h5-14H,15-16H2,1-4H3,(H,28,30)(H,29,31). The summed E-state index contributed by atoms with van der Waals surface area (Å²) in [5.74, 6) is 1.23. The van der Waals surface area contributed by atoms with Gasteiger partial charge in [-0.3, -0.25) is 9.59 Å². The lowest BCUT2D eigenvalue weighted by atomic mass is 10.0. The van der Waals surface area contributed by atoms with Gasteiger partial charge in [-0.05, 0) is 32.0 Å². The van der Waals surface area contributed by atoms with Crippen molar-refractivity contribution in [3.05, 3.63) is 71.8 Å². The Morgan fingerprint density at radius 3 is 2.20 bits per heavy atom. The molecule has 0 saturated carbocycles. The molecule has 0 aromatic heterocycles. The zero-order valence-corrected chi connectivity index (χ0v) is 20.1. The molecule has 0 fully saturated rings. The summed E-state index contributed by atoms with van der Waals surface area (Å²) in [6, 6.07) is 17.7. The highest BCUT2D eigenvalue weighted by Crippen LogP contribution is 2.42. The van der Waals surface area contributed by atoms with Gasteiger partial charge in [-0.15, -0.1) is 0 Å². The Morgan fingerprint density at radius 1 is 0.886 bits per heavy atom. The van der Waals surface area contributed by atoms with Crippen LogP contribution < -0.4 is 29.6 Å². The van der Waals surface area contributed by atoms with Gasteiger partial charge in [-0.2, -0.15) is 0 Å². The van der Waals surface area contributed by atoms with Crippen LogP contribution in [-0.2, 0) is 11.2 Å². The molecule has 3 aromatic carbocycles. The van der Waals surface area contributed by atoms with E-state index in [1.54, 1.807) is 42.5 Å². The Labute approximate surface area is 204 Å². The topological polar surface area (TPSA) is 95.1 Å². The van der Waals surface area contributed by atoms with Crippen LogP contribution in [0.4, 0.5) is 11.4 Å². The summed E-state index contributed by atoms with van der Waals surface area (Å²) in [5, 5.41) is 5.60. The second kappa shape index (κ2) is 9.97. The molecule has 8 heteroatoms. The van der Waals surface area contributed by atoms with Crippen molar-refractivity contribution in [3.8, 4) is 23.0 Å². The molecule has 0 spiro atoms. The minimum atomic E-state index is -0.388. The predicted octanol–water partition coefficient (Wildman–Crippen LogP) is 4.69. The van der Waals surface area contributed by atoms with Crippen LogP contribution in [0.1, 0.15) is 29.8 Å². The van der Waals surface area contributed by atoms with Gasteiger partial charge in [0.15, 0.2) is 18.1 Å². The first kappa shape index (κ1) is 23.9. The maximum Gasteiger partial charge on any atom is 0.262 e. The molecule has 0 unspecified atom stereocenters. The number of hydrogen-bond acceptors (Lipinski definition) is 6. The van der Waals surface area contributed by atoms with Gasteiger partial charge in [0.05, 0.1) is 25.6 Å². The predicted molar refractivity (Wildman–Crippen MR) is 133 cm³/mol. The van der Waals surface area contributed by atoms with Crippen molar-refractivity contribution in [2.24, 2.45) is 0 Å². The molecule has 8 nitrogen and oxygen atoms in total. The smallest absolute Gasteiger partial charge is 0.262 e. The summed E-state index contributed by atoms with van der Waals surface area (Å²) in [6.45, 7) is 3.79. The molecular formula is C27H28N2O6. The number of amides is 2. The number of hydrogen-bond donors (Lipinski definition) is 2. The van der Waals surface area contributed by atoms with E-state index in [-0.39, 0.29) is 24.0 Å².